The highest BCUT2D eigenvalue weighted by molar-refractivity contribution is 5.71. The molecule has 1 unspecified atom stereocenters. The van der Waals surface area contributed by atoms with Gasteiger partial charge in [-0.1, -0.05) is 239 Å². The summed E-state index contributed by atoms with van der Waals surface area (Å²) >= 11 is 0. The van der Waals surface area contributed by atoms with Crippen LogP contribution in [0.5, 0.6) is 0 Å². The van der Waals surface area contributed by atoms with Crippen LogP contribution in [0.25, 0.3) is 0 Å². The van der Waals surface area contributed by atoms with Gasteiger partial charge in [0, 0.05) is 19.3 Å². The van der Waals surface area contributed by atoms with Gasteiger partial charge in [-0.3, -0.25) is 14.4 Å². The second kappa shape index (κ2) is 58.4. The maximum atomic E-state index is 12.8. The first-order valence-electron chi connectivity index (χ1n) is 29.0. The first-order chi connectivity index (χ1) is 35.0. The third-order valence-corrected chi connectivity index (χ3v) is 12.0. The predicted molar refractivity (Wildman–Crippen MR) is 306 cm³/mol. The lowest BCUT2D eigenvalue weighted by molar-refractivity contribution is -0.167. The lowest BCUT2D eigenvalue weighted by Gasteiger charge is -2.18. The van der Waals surface area contributed by atoms with Crippen LogP contribution in [-0.4, -0.2) is 37.2 Å². The number of hydrogen-bond acceptors (Lipinski definition) is 6. The Labute approximate surface area is 437 Å². The molecule has 0 N–H and O–H groups in total. The first-order valence-corrected chi connectivity index (χ1v) is 29.0. The molecule has 1 atom stereocenters. The normalized spacial score (nSPS) is 13.0. The minimum atomic E-state index is -0.801. The number of allylic oxidation sites excluding steroid dienone is 20. The molecule has 6 nitrogen and oxygen atoms in total. The molecule has 0 bridgehead atoms. The molecule has 0 saturated carbocycles. The molecule has 0 aliphatic rings. The Balaban J connectivity index is 4.35. The van der Waals surface area contributed by atoms with Crippen molar-refractivity contribution in [3.05, 3.63) is 122 Å². The molecule has 0 rings (SSSR count). The second-order valence-corrected chi connectivity index (χ2v) is 18.8. The van der Waals surface area contributed by atoms with Crippen molar-refractivity contribution in [2.45, 2.75) is 258 Å². The van der Waals surface area contributed by atoms with E-state index in [2.05, 4.69) is 142 Å². The quantitative estimate of drug-likeness (QED) is 0.0261. The van der Waals surface area contributed by atoms with Crippen LogP contribution in [-0.2, 0) is 28.6 Å². The van der Waals surface area contributed by atoms with Crippen LogP contribution in [0.2, 0.25) is 0 Å². The van der Waals surface area contributed by atoms with E-state index in [1.807, 2.05) is 0 Å². The molecular weight excluding hydrogens is 877 g/mol. The van der Waals surface area contributed by atoms with Crippen molar-refractivity contribution in [2.75, 3.05) is 13.2 Å². The lowest BCUT2D eigenvalue weighted by atomic mass is 10.1. The summed E-state index contributed by atoms with van der Waals surface area (Å²) in [6.07, 6.45) is 80.6. The summed E-state index contributed by atoms with van der Waals surface area (Å²) in [7, 11) is 0. The number of carbonyl (C=O) groups excluding carboxylic acids is 3. The molecule has 402 valence electrons. The zero-order valence-electron chi connectivity index (χ0n) is 45.9. The third kappa shape index (κ3) is 56.6. The van der Waals surface area contributed by atoms with Crippen LogP contribution in [0.1, 0.15) is 252 Å². The van der Waals surface area contributed by atoms with Crippen molar-refractivity contribution in [1.29, 1.82) is 0 Å². The molecule has 0 amide bonds. The number of hydrogen-bond donors (Lipinski definition) is 0. The number of ether oxygens (including phenoxy) is 3. The Hall–Kier alpha value is -4.19. The van der Waals surface area contributed by atoms with Crippen molar-refractivity contribution in [3.63, 3.8) is 0 Å². The average Bonchev–Trinajstić information content (AvgIpc) is 3.37. The fourth-order valence-corrected chi connectivity index (χ4v) is 7.60. The van der Waals surface area contributed by atoms with Crippen LogP contribution >= 0.6 is 0 Å². The molecule has 6 heteroatoms. The molecular formula is C65H106O6. The summed E-state index contributed by atoms with van der Waals surface area (Å²) < 4.78 is 16.8. The van der Waals surface area contributed by atoms with Crippen molar-refractivity contribution in [3.8, 4) is 0 Å². The summed E-state index contributed by atoms with van der Waals surface area (Å²) in [6.45, 7) is 6.43. The van der Waals surface area contributed by atoms with Gasteiger partial charge in [-0.05, 0) is 116 Å². The summed E-state index contributed by atoms with van der Waals surface area (Å²) in [4.78, 5) is 38.0. The number of rotatable bonds is 51. The van der Waals surface area contributed by atoms with E-state index in [9.17, 15) is 14.4 Å². The van der Waals surface area contributed by atoms with Crippen LogP contribution < -0.4 is 0 Å². The van der Waals surface area contributed by atoms with Gasteiger partial charge in [0.25, 0.3) is 0 Å². The summed E-state index contributed by atoms with van der Waals surface area (Å²) in [5.41, 5.74) is 0. The van der Waals surface area contributed by atoms with E-state index in [1.54, 1.807) is 0 Å². The molecule has 0 fully saturated rings. The molecule has 0 radical (unpaired) electrons. The molecule has 0 saturated heterocycles. The molecule has 0 aromatic heterocycles. The average molecular weight is 984 g/mol. The maximum Gasteiger partial charge on any atom is 0.306 e. The minimum Gasteiger partial charge on any atom is -0.462 e. The molecule has 0 spiro atoms. The van der Waals surface area contributed by atoms with E-state index in [0.29, 0.717) is 25.7 Å². The van der Waals surface area contributed by atoms with Crippen LogP contribution in [0, 0.1) is 0 Å². The van der Waals surface area contributed by atoms with Crippen molar-refractivity contribution < 1.29 is 28.6 Å². The highest BCUT2D eigenvalue weighted by Crippen LogP contribution is 2.14. The van der Waals surface area contributed by atoms with Crippen molar-refractivity contribution in [2.24, 2.45) is 0 Å². The van der Waals surface area contributed by atoms with E-state index in [-0.39, 0.29) is 31.1 Å². The molecule has 0 aromatic carbocycles. The minimum absolute atomic E-state index is 0.0967. The van der Waals surface area contributed by atoms with Crippen molar-refractivity contribution in [1.82, 2.24) is 0 Å². The molecule has 0 heterocycles. The third-order valence-electron chi connectivity index (χ3n) is 12.0. The largest absolute Gasteiger partial charge is 0.462 e. The van der Waals surface area contributed by atoms with E-state index >= 15 is 0 Å². The van der Waals surface area contributed by atoms with Crippen LogP contribution in [0.15, 0.2) is 122 Å². The van der Waals surface area contributed by atoms with Crippen LogP contribution in [0.3, 0.4) is 0 Å². The lowest BCUT2D eigenvalue weighted by Crippen LogP contribution is -2.30. The monoisotopic (exact) mass is 983 g/mol. The fourth-order valence-electron chi connectivity index (χ4n) is 7.60. The van der Waals surface area contributed by atoms with Gasteiger partial charge in [0.05, 0.1) is 0 Å². The molecule has 71 heavy (non-hydrogen) atoms. The molecule has 0 aliphatic carbocycles. The van der Waals surface area contributed by atoms with Gasteiger partial charge in [-0.25, -0.2) is 0 Å². The SMILES string of the molecule is CC/C=C\C/C=C\C/C=C\C/C=C\C/C=C\C/C=C\C/C=C\C/C=C\CCCCC(=O)OCC(COC(=O)CCCCCCCCCC)OC(=O)CCCCCCCCC/C=C\C/C=C\CCCCCC. The Kier molecular flexibility index (Phi) is 54.9. The summed E-state index contributed by atoms with van der Waals surface area (Å²) in [6, 6.07) is 0. The predicted octanol–water partition coefficient (Wildman–Crippen LogP) is 19.6. The zero-order chi connectivity index (χ0) is 51.4. The van der Waals surface area contributed by atoms with E-state index in [4.69, 9.17) is 14.2 Å². The summed E-state index contributed by atoms with van der Waals surface area (Å²) in [5.74, 6) is -0.957. The summed E-state index contributed by atoms with van der Waals surface area (Å²) in [5, 5.41) is 0. The van der Waals surface area contributed by atoms with Gasteiger partial charge in [0.15, 0.2) is 6.10 Å². The number of esters is 3. The van der Waals surface area contributed by atoms with E-state index in [0.717, 1.165) is 116 Å². The van der Waals surface area contributed by atoms with Gasteiger partial charge in [-0.15, -0.1) is 0 Å². The van der Waals surface area contributed by atoms with E-state index < -0.39 is 6.10 Å². The van der Waals surface area contributed by atoms with Gasteiger partial charge < -0.3 is 14.2 Å². The maximum absolute atomic E-state index is 12.8. The topological polar surface area (TPSA) is 78.9 Å². The highest BCUT2D eigenvalue weighted by Gasteiger charge is 2.19. The Bertz CT molecular complexity index is 1500. The first kappa shape index (κ1) is 66.8. The molecule has 0 aliphatic heterocycles. The van der Waals surface area contributed by atoms with Crippen LogP contribution in [0.4, 0.5) is 0 Å². The number of unbranched alkanes of at least 4 members (excludes halogenated alkanes) is 20. The molecule has 0 aromatic rings. The van der Waals surface area contributed by atoms with Crippen molar-refractivity contribution >= 4 is 17.9 Å². The van der Waals surface area contributed by atoms with Gasteiger partial charge in [0.1, 0.15) is 13.2 Å². The number of carbonyl (C=O) groups is 3. The Morgan fingerprint density at radius 2 is 0.549 bits per heavy atom. The van der Waals surface area contributed by atoms with Gasteiger partial charge in [0.2, 0.25) is 0 Å². The fraction of sp³-hybridized carbons (Fsp3) is 0.646. The standard InChI is InChI=1S/C65H106O6/c1-4-7-10-13-16-19-21-23-25-27-29-30-31-32-33-34-35-36-37-39-40-42-44-46-49-52-55-58-64(67)70-61-62(60-69-63(66)57-54-51-48-18-15-12-9-6-3)71-65(68)59-56-53-50-47-45-43-41-38-28-26-24-22-20-17-14-11-8-5-2/h7,10,16,19-20,22-23,25-26,28-30,32-33,35-36,39-40,44,46,62H,4-6,8-9,11-15,17-18,21,24,27,31,34,37-38,41-43,45,47-61H2,1-3H3/b10-7-,19-16-,22-20-,25-23-,28-26-,30-29-,33-32-,36-35-,40-39-,46-44-. The van der Waals surface area contributed by atoms with Gasteiger partial charge >= 0.3 is 17.9 Å². The smallest absolute Gasteiger partial charge is 0.306 e. The second-order valence-electron chi connectivity index (χ2n) is 18.8. The Morgan fingerprint density at radius 3 is 0.901 bits per heavy atom. The van der Waals surface area contributed by atoms with Gasteiger partial charge in [-0.2, -0.15) is 0 Å². The Morgan fingerprint density at radius 1 is 0.296 bits per heavy atom. The van der Waals surface area contributed by atoms with E-state index in [1.165, 1.54) is 89.9 Å². The zero-order valence-corrected chi connectivity index (χ0v) is 45.9. The highest BCUT2D eigenvalue weighted by atomic mass is 16.6.